The molecule has 2 aromatic carbocycles. The van der Waals surface area contributed by atoms with Crippen LogP contribution in [-0.2, 0) is 6.42 Å². The SMILES string of the molecule is Cc1ccc(CC(=O)c2cc(C)c(Cl)cc2C)cc1C. The van der Waals surface area contributed by atoms with E-state index in [0.717, 1.165) is 22.3 Å². The highest BCUT2D eigenvalue weighted by Crippen LogP contribution is 2.22. The van der Waals surface area contributed by atoms with Crippen LogP contribution < -0.4 is 0 Å². The van der Waals surface area contributed by atoms with Crippen LogP contribution in [0.4, 0.5) is 0 Å². The van der Waals surface area contributed by atoms with E-state index in [-0.39, 0.29) is 5.78 Å². The number of halogens is 1. The first-order valence-electron chi connectivity index (χ1n) is 6.74. The monoisotopic (exact) mass is 286 g/mol. The average molecular weight is 287 g/mol. The number of rotatable bonds is 3. The van der Waals surface area contributed by atoms with E-state index in [1.165, 1.54) is 11.1 Å². The molecule has 0 aliphatic carbocycles. The first-order chi connectivity index (χ1) is 9.38. The zero-order valence-corrected chi connectivity index (χ0v) is 13.1. The molecular weight excluding hydrogens is 268 g/mol. The Morgan fingerprint density at radius 3 is 2.25 bits per heavy atom. The first-order valence-corrected chi connectivity index (χ1v) is 7.12. The molecule has 1 nitrogen and oxygen atoms in total. The van der Waals surface area contributed by atoms with Crippen molar-refractivity contribution in [2.45, 2.75) is 34.1 Å². The molecule has 0 aliphatic heterocycles. The number of aryl methyl sites for hydroxylation is 4. The molecule has 0 unspecified atom stereocenters. The van der Waals surface area contributed by atoms with E-state index in [9.17, 15) is 4.79 Å². The van der Waals surface area contributed by atoms with Crippen molar-refractivity contribution in [1.29, 1.82) is 0 Å². The van der Waals surface area contributed by atoms with Gasteiger partial charge in [0.2, 0.25) is 0 Å². The van der Waals surface area contributed by atoms with Crippen molar-refractivity contribution in [1.82, 2.24) is 0 Å². The number of hydrogen-bond donors (Lipinski definition) is 0. The molecule has 0 aromatic heterocycles. The predicted molar refractivity (Wildman–Crippen MR) is 84.9 cm³/mol. The Hall–Kier alpha value is -1.60. The summed E-state index contributed by atoms with van der Waals surface area (Å²) in [5.74, 6) is 0.144. The Labute approximate surface area is 125 Å². The standard InChI is InChI=1S/C18H19ClO/c1-11-5-6-15(7-12(11)2)10-18(20)16-8-14(4)17(19)9-13(16)3/h5-9H,10H2,1-4H3. The molecule has 2 aromatic rings. The summed E-state index contributed by atoms with van der Waals surface area (Å²) < 4.78 is 0. The van der Waals surface area contributed by atoms with Crippen molar-refractivity contribution in [3.63, 3.8) is 0 Å². The highest BCUT2D eigenvalue weighted by atomic mass is 35.5. The van der Waals surface area contributed by atoms with Gasteiger partial charge in [-0.15, -0.1) is 0 Å². The number of ketones is 1. The van der Waals surface area contributed by atoms with Crippen molar-refractivity contribution in [2.75, 3.05) is 0 Å². The lowest BCUT2D eigenvalue weighted by Crippen LogP contribution is -2.06. The minimum atomic E-state index is 0.144. The second-order valence-corrected chi connectivity index (χ2v) is 5.84. The molecule has 0 N–H and O–H groups in total. The maximum atomic E-state index is 12.5. The van der Waals surface area contributed by atoms with Gasteiger partial charge in [0.25, 0.3) is 0 Å². The van der Waals surface area contributed by atoms with Gasteiger partial charge in [0.1, 0.15) is 0 Å². The lowest BCUT2D eigenvalue weighted by atomic mass is 9.96. The van der Waals surface area contributed by atoms with Crippen molar-refractivity contribution in [3.8, 4) is 0 Å². The summed E-state index contributed by atoms with van der Waals surface area (Å²) in [6, 6.07) is 9.94. The van der Waals surface area contributed by atoms with Gasteiger partial charge in [0.15, 0.2) is 5.78 Å². The molecule has 0 amide bonds. The van der Waals surface area contributed by atoms with E-state index in [1.54, 1.807) is 0 Å². The smallest absolute Gasteiger partial charge is 0.167 e. The fraction of sp³-hybridized carbons (Fsp3) is 0.278. The summed E-state index contributed by atoms with van der Waals surface area (Å²) in [4.78, 5) is 12.5. The van der Waals surface area contributed by atoms with Gasteiger partial charge in [-0.05, 0) is 67.6 Å². The van der Waals surface area contributed by atoms with Crippen LogP contribution in [0, 0.1) is 27.7 Å². The minimum Gasteiger partial charge on any atom is -0.294 e. The molecule has 0 aliphatic rings. The highest BCUT2D eigenvalue weighted by molar-refractivity contribution is 6.31. The summed E-state index contributed by atoms with van der Waals surface area (Å²) in [7, 11) is 0. The molecule has 0 saturated carbocycles. The van der Waals surface area contributed by atoms with Crippen LogP contribution in [0.15, 0.2) is 30.3 Å². The average Bonchev–Trinajstić information content (AvgIpc) is 2.38. The number of hydrogen-bond acceptors (Lipinski definition) is 1. The highest BCUT2D eigenvalue weighted by Gasteiger charge is 2.12. The van der Waals surface area contributed by atoms with Crippen LogP contribution in [0.1, 0.15) is 38.2 Å². The third kappa shape index (κ3) is 3.10. The molecule has 0 fully saturated rings. The number of Topliss-reactive ketones (excluding diaryl/α,β-unsaturated/α-hetero) is 1. The van der Waals surface area contributed by atoms with Crippen molar-refractivity contribution in [2.24, 2.45) is 0 Å². The fourth-order valence-electron chi connectivity index (χ4n) is 2.28. The summed E-state index contributed by atoms with van der Waals surface area (Å²) in [5, 5.41) is 0.713. The normalized spacial score (nSPS) is 10.7. The van der Waals surface area contributed by atoms with E-state index < -0.39 is 0 Å². The van der Waals surface area contributed by atoms with Crippen molar-refractivity contribution < 1.29 is 4.79 Å². The van der Waals surface area contributed by atoms with Crippen molar-refractivity contribution in [3.05, 3.63) is 68.7 Å². The quantitative estimate of drug-likeness (QED) is 0.726. The molecular formula is C18H19ClO. The third-order valence-corrected chi connectivity index (χ3v) is 4.15. The minimum absolute atomic E-state index is 0.144. The van der Waals surface area contributed by atoms with E-state index in [0.29, 0.717) is 11.4 Å². The zero-order valence-electron chi connectivity index (χ0n) is 12.4. The molecule has 20 heavy (non-hydrogen) atoms. The lowest BCUT2D eigenvalue weighted by molar-refractivity contribution is 0.0992. The molecule has 0 spiro atoms. The molecule has 0 heterocycles. The molecule has 0 bridgehead atoms. The Morgan fingerprint density at radius 2 is 1.60 bits per heavy atom. The molecule has 0 radical (unpaired) electrons. The zero-order chi connectivity index (χ0) is 14.9. The molecule has 0 saturated heterocycles. The van der Waals surface area contributed by atoms with Crippen LogP contribution in [0.3, 0.4) is 0 Å². The summed E-state index contributed by atoms with van der Waals surface area (Å²) in [5.41, 5.74) is 6.18. The molecule has 104 valence electrons. The van der Waals surface area contributed by atoms with Gasteiger partial charge in [-0.2, -0.15) is 0 Å². The van der Waals surface area contributed by atoms with Gasteiger partial charge >= 0.3 is 0 Å². The van der Waals surface area contributed by atoms with Crippen LogP contribution in [0.2, 0.25) is 5.02 Å². The van der Waals surface area contributed by atoms with E-state index in [1.807, 2.05) is 32.0 Å². The van der Waals surface area contributed by atoms with Crippen LogP contribution >= 0.6 is 11.6 Å². The maximum Gasteiger partial charge on any atom is 0.167 e. The van der Waals surface area contributed by atoms with Gasteiger partial charge in [-0.1, -0.05) is 29.8 Å². The Balaban J connectivity index is 2.28. The fourth-order valence-corrected chi connectivity index (χ4v) is 2.49. The van der Waals surface area contributed by atoms with Crippen molar-refractivity contribution >= 4 is 17.4 Å². The molecule has 0 atom stereocenters. The van der Waals surface area contributed by atoms with E-state index in [2.05, 4.69) is 26.0 Å². The summed E-state index contributed by atoms with van der Waals surface area (Å²) in [6.45, 7) is 8.00. The molecule has 2 heteroatoms. The van der Waals surface area contributed by atoms with Gasteiger partial charge in [-0.25, -0.2) is 0 Å². The van der Waals surface area contributed by atoms with Gasteiger partial charge < -0.3 is 0 Å². The number of benzene rings is 2. The van der Waals surface area contributed by atoms with Gasteiger partial charge in [0, 0.05) is 17.0 Å². The van der Waals surface area contributed by atoms with Crippen LogP contribution in [0.5, 0.6) is 0 Å². The number of carbonyl (C=O) groups is 1. The van der Waals surface area contributed by atoms with Gasteiger partial charge in [0.05, 0.1) is 0 Å². The Morgan fingerprint density at radius 1 is 0.900 bits per heavy atom. The second kappa shape index (κ2) is 5.80. The maximum absolute atomic E-state index is 12.5. The first kappa shape index (κ1) is 14.8. The lowest BCUT2D eigenvalue weighted by Gasteiger charge is -2.09. The topological polar surface area (TPSA) is 17.1 Å². The second-order valence-electron chi connectivity index (χ2n) is 5.43. The third-order valence-electron chi connectivity index (χ3n) is 3.74. The largest absolute Gasteiger partial charge is 0.294 e. The van der Waals surface area contributed by atoms with Crippen LogP contribution in [0.25, 0.3) is 0 Å². The predicted octanol–water partition coefficient (Wildman–Crippen LogP) is 5.00. The number of carbonyl (C=O) groups excluding carboxylic acids is 1. The van der Waals surface area contributed by atoms with Gasteiger partial charge in [-0.3, -0.25) is 4.79 Å². The molecule has 2 rings (SSSR count). The summed E-state index contributed by atoms with van der Waals surface area (Å²) in [6.07, 6.45) is 0.434. The van der Waals surface area contributed by atoms with Crippen LogP contribution in [-0.4, -0.2) is 5.78 Å². The van der Waals surface area contributed by atoms with E-state index >= 15 is 0 Å². The Kier molecular flexibility index (Phi) is 4.29. The Bertz CT molecular complexity index is 671. The summed E-state index contributed by atoms with van der Waals surface area (Å²) >= 11 is 6.08. The van der Waals surface area contributed by atoms with E-state index in [4.69, 9.17) is 11.6 Å².